The second-order valence-electron chi connectivity index (χ2n) is 5.42. The van der Waals surface area contributed by atoms with Crippen molar-refractivity contribution in [3.05, 3.63) is 34.8 Å². The molecule has 0 saturated carbocycles. The van der Waals surface area contributed by atoms with Crippen molar-refractivity contribution >= 4 is 22.4 Å². The van der Waals surface area contributed by atoms with Crippen molar-refractivity contribution in [1.82, 2.24) is 10.2 Å². The van der Waals surface area contributed by atoms with E-state index in [9.17, 15) is 4.79 Å². The van der Waals surface area contributed by atoms with Gasteiger partial charge in [0, 0.05) is 12.8 Å². The molecule has 1 heterocycles. The number of rotatable bonds is 9. The zero-order valence-corrected chi connectivity index (χ0v) is 14.5. The number of anilines is 1. The standard InChI is InChI=1S/C17H23N3O2S/c1-3-4-7-16-19-20-17(23-16)18-15(21)6-5-12-22-14-10-8-13(2)9-11-14/h8-11H,3-7,12H2,1-2H3,(H,18,20,21). The molecule has 0 unspecified atom stereocenters. The predicted octanol–water partition coefficient (Wildman–Crippen LogP) is 3.99. The van der Waals surface area contributed by atoms with Gasteiger partial charge in [-0.05, 0) is 31.9 Å². The fraction of sp³-hybridized carbons (Fsp3) is 0.471. The molecule has 124 valence electrons. The summed E-state index contributed by atoms with van der Waals surface area (Å²) >= 11 is 1.45. The van der Waals surface area contributed by atoms with E-state index in [1.165, 1.54) is 16.9 Å². The zero-order chi connectivity index (χ0) is 16.5. The van der Waals surface area contributed by atoms with Gasteiger partial charge in [-0.1, -0.05) is 42.4 Å². The number of nitrogens with one attached hydrogen (secondary N) is 1. The second-order valence-corrected chi connectivity index (χ2v) is 6.48. The van der Waals surface area contributed by atoms with E-state index < -0.39 is 0 Å². The highest BCUT2D eigenvalue weighted by molar-refractivity contribution is 7.15. The van der Waals surface area contributed by atoms with Crippen LogP contribution in [-0.2, 0) is 11.2 Å². The van der Waals surface area contributed by atoms with Gasteiger partial charge in [0.1, 0.15) is 10.8 Å². The minimum atomic E-state index is -0.0457. The number of aromatic nitrogens is 2. The molecule has 0 radical (unpaired) electrons. The van der Waals surface area contributed by atoms with Gasteiger partial charge in [-0.3, -0.25) is 4.79 Å². The summed E-state index contributed by atoms with van der Waals surface area (Å²) in [5.41, 5.74) is 1.20. The lowest BCUT2D eigenvalue weighted by atomic mass is 10.2. The molecule has 0 atom stereocenters. The van der Waals surface area contributed by atoms with Gasteiger partial charge in [0.2, 0.25) is 11.0 Å². The topological polar surface area (TPSA) is 64.1 Å². The van der Waals surface area contributed by atoms with Crippen molar-refractivity contribution in [2.75, 3.05) is 11.9 Å². The summed E-state index contributed by atoms with van der Waals surface area (Å²) in [4.78, 5) is 11.9. The van der Waals surface area contributed by atoms with Gasteiger partial charge < -0.3 is 10.1 Å². The number of hydrogen-bond donors (Lipinski definition) is 1. The third kappa shape index (κ3) is 6.36. The number of ether oxygens (including phenoxy) is 1. The Balaban J connectivity index is 1.64. The van der Waals surface area contributed by atoms with Crippen molar-refractivity contribution in [3.63, 3.8) is 0 Å². The van der Waals surface area contributed by atoms with Crippen LogP contribution in [0.5, 0.6) is 5.75 Å². The maximum Gasteiger partial charge on any atom is 0.226 e. The van der Waals surface area contributed by atoms with Crippen LogP contribution in [0.1, 0.15) is 43.2 Å². The summed E-state index contributed by atoms with van der Waals surface area (Å²) in [5, 5.41) is 12.4. The highest BCUT2D eigenvalue weighted by atomic mass is 32.1. The SMILES string of the molecule is CCCCc1nnc(NC(=O)CCCOc2ccc(C)cc2)s1. The number of hydrogen-bond acceptors (Lipinski definition) is 5. The van der Waals surface area contributed by atoms with Crippen LogP contribution in [0.2, 0.25) is 0 Å². The Bertz CT molecular complexity index is 611. The van der Waals surface area contributed by atoms with E-state index in [0.717, 1.165) is 30.0 Å². The van der Waals surface area contributed by atoms with E-state index in [2.05, 4.69) is 22.4 Å². The molecule has 0 spiro atoms. The average Bonchev–Trinajstić information content (AvgIpc) is 2.98. The molecule has 6 heteroatoms. The van der Waals surface area contributed by atoms with Gasteiger partial charge in [0.25, 0.3) is 0 Å². The van der Waals surface area contributed by atoms with Crippen LogP contribution < -0.4 is 10.1 Å². The Morgan fingerprint density at radius 1 is 1.22 bits per heavy atom. The molecule has 2 rings (SSSR count). The lowest BCUT2D eigenvalue weighted by molar-refractivity contribution is -0.116. The van der Waals surface area contributed by atoms with E-state index in [4.69, 9.17) is 4.74 Å². The van der Waals surface area contributed by atoms with Crippen molar-refractivity contribution in [2.24, 2.45) is 0 Å². The molecule has 1 aromatic carbocycles. The Labute approximate surface area is 141 Å². The monoisotopic (exact) mass is 333 g/mol. The van der Waals surface area contributed by atoms with E-state index in [-0.39, 0.29) is 5.91 Å². The maximum atomic E-state index is 11.9. The number of carbonyl (C=O) groups is 1. The molecule has 23 heavy (non-hydrogen) atoms. The first-order valence-corrected chi connectivity index (χ1v) is 8.80. The number of unbranched alkanes of at least 4 members (excludes halogenated alkanes) is 1. The first-order chi connectivity index (χ1) is 11.2. The molecule has 5 nitrogen and oxygen atoms in total. The van der Waals surface area contributed by atoms with Crippen LogP contribution in [0.15, 0.2) is 24.3 Å². The fourth-order valence-corrected chi connectivity index (χ4v) is 2.77. The Morgan fingerprint density at radius 3 is 2.74 bits per heavy atom. The normalized spacial score (nSPS) is 10.5. The molecule has 0 fully saturated rings. The van der Waals surface area contributed by atoms with Crippen molar-refractivity contribution in [1.29, 1.82) is 0 Å². The van der Waals surface area contributed by atoms with E-state index >= 15 is 0 Å². The maximum absolute atomic E-state index is 11.9. The molecular formula is C17H23N3O2S. The zero-order valence-electron chi connectivity index (χ0n) is 13.7. The average molecular weight is 333 g/mol. The van der Waals surface area contributed by atoms with Crippen LogP contribution in [-0.4, -0.2) is 22.7 Å². The molecule has 0 aliphatic carbocycles. The van der Waals surface area contributed by atoms with Crippen LogP contribution in [0.3, 0.4) is 0 Å². The van der Waals surface area contributed by atoms with Gasteiger partial charge in [-0.2, -0.15) is 0 Å². The summed E-state index contributed by atoms with van der Waals surface area (Å²) in [6.45, 7) is 4.70. The Kier molecular flexibility index (Phi) is 7.00. The van der Waals surface area contributed by atoms with Gasteiger partial charge >= 0.3 is 0 Å². The Hall–Kier alpha value is -1.95. The predicted molar refractivity (Wildman–Crippen MR) is 93.1 cm³/mol. The number of amides is 1. The Morgan fingerprint density at radius 2 is 2.00 bits per heavy atom. The summed E-state index contributed by atoms with van der Waals surface area (Å²) in [6.07, 6.45) is 4.23. The molecule has 0 aliphatic heterocycles. The van der Waals surface area contributed by atoms with E-state index in [1.54, 1.807) is 0 Å². The third-order valence-corrected chi connectivity index (χ3v) is 4.19. The summed E-state index contributed by atoms with van der Waals surface area (Å²) < 4.78 is 5.60. The number of carbonyl (C=O) groups excluding carboxylic acids is 1. The molecule has 1 amide bonds. The molecule has 1 aromatic heterocycles. The first kappa shape index (κ1) is 17.4. The highest BCUT2D eigenvalue weighted by Gasteiger charge is 2.08. The van der Waals surface area contributed by atoms with Crippen LogP contribution >= 0.6 is 11.3 Å². The van der Waals surface area contributed by atoms with Crippen LogP contribution in [0.25, 0.3) is 0 Å². The van der Waals surface area contributed by atoms with Crippen molar-refractivity contribution < 1.29 is 9.53 Å². The van der Waals surface area contributed by atoms with Crippen LogP contribution in [0.4, 0.5) is 5.13 Å². The lowest BCUT2D eigenvalue weighted by Crippen LogP contribution is -2.12. The van der Waals surface area contributed by atoms with Crippen molar-refractivity contribution in [3.8, 4) is 5.75 Å². The van der Waals surface area contributed by atoms with E-state index in [1.807, 2.05) is 31.2 Å². The lowest BCUT2D eigenvalue weighted by Gasteiger charge is -2.06. The number of nitrogens with zero attached hydrogens (tertiary/aromatic N) is 2. The largest absolute Gasteiger partial charge is 0.494 e. The van der Waals surface area contributed by atoms with E-state index in [0.29, 0.717) is 24.6 Å². The molecule has 0 saturated heterocycles. The van der Waals surface area contributed by atoms with Gasteiger partial charge in [0.15, 0.2) is 0 Å². The molecule has 0 aliphatic rings. The number of benzene rings is 1. The molecule has 2 aromatic rings. The van der Waals surface area contributed by atoms with Crippen molar-refractivity contribution in [2.45, 2.75) is 46.0 Å². The number of aryl methyl sites for hydroxylation is 2. The quantitative estimate of drug-likeness (QED) is 0.705. The molecule has 0 bridgehead atoms. The molecule has 1 N–H and O–H groups in total. The summed E-state index contributed by atoms with van der Waals surface area (Å²) in [5.74, 6) is 0.788. The minimum Gasteiger partial charge on any atom is -0.494 e. The first-order valence-electron chi connectivity index (χ1n) is 7.99. The molecular weight excluding hydrogens is 310 g/mol. The van der Waals surface area contributed by atoms with Crippen LogP contribution in [0, 0.1) is 6.92 Å². The third-order valence-electron chi connectivity index (χ3n) is 3.30. The smallest absolute Gasteiger partial charge is 0.226 e. The summed E-state index contributed by atoms with van der Waals surface area (Å²) in [6, 6.07) is 7.89. The minimum absolute atomic E-state index is 0.0457. The highest BCUT2D eigenvalue weighted by Crippen LogP contribution is 2.17. The van der Waals surface area contributed by atoms with Gasteiger partial charge in [-0.15, -0.1) is 10.2 Å². The fourth-order valence-electron chi connectivity index (χ4n) is 1.97. The van der Waals surface area contributed by atoms with Gasteiger partial charge in [0.05, 0.1) is 6.61 Å². The second kappa shape index (κ2) is 9.25. The van der Waals surface area contributed by atoms with Gasteiger partial charge in [-0.25, -0.2) is 0 Å². The summed E-state index contributed by atoms with van der Waals surface area (Å²) in [7, 11) is 0.